The average Bonchev–Trinajstić information content (AvgIpc) is 3.11. The highest BCUT2D eigenvalue weighted by molar-refractivity contribution is 6.35. The van der Waals surface area contributed by atoms with E-state index in [1.807, 2.05) is 24.3 Å². The second kappa shape index (κ2) is 10.2. The molecule has 2 nitrogen and oxygen atoms in total. The van der Waals surface area contributed by atoms with Gasteiger partial charge >= 0.3 is 0 Å². The van der Waals surface area contributed by atoms with Gasteiger partial charge in [0, 0.05) is 0 Å². The molecule has 9 rings (SSSR count). The third kappa shape index (κ3) is 4.12. The normalized spacial score (nSPS) is 11.7. The second-order valence-electron chi connectivity index (χ2n) is 12.0. The van der Waals surface area contributed by atoms with Crippen LogP contribution in [-0.2, 0) is 0 Å². The minimum Gasteiger partial charge on any atom is -0.508 e. The number of phenols is 2. The van der Waals surface area contributed by atoms with Gasteiger partial charge in [0.15, 0.2) is 0 Å². The highest BCUT2D eigenvalue weighted by Gasteiger charge is 2.17. The molecule has 0 saturated carbocycles. The van der Waals surface area contributed by atoms with E-state index in [9.17, 15) is 10.2 Å². The summed E-state index contributed by atoms with van der Waals surface area (Å²) < 4.78 is 0. The number of aromatic hydroxyl groups is 2. The van der Waals surface area contributed by atoms with Crippen LogP contribution in [0, 0.1) is 0 Å². The van der Waals surface area contributed by atoms with Crippen molar-refractivity contribution in [2.75, 3.05) is 0 Å². The first kappa shape index (κ1) is 26.3. The Hall–Kier alpha value is -6.12. The van der Waals surface area contributed by atoms with Crippen LogP contribution in [0.3, 0.4) is 0 Å². The van der Waals surface area contributed by atoms with Crippen molar-refractivity contribution < 1.29 is 10.2 Å². The van der Waals surface area contributed by atoms with E-state index in [4.69, 9.17) is 0 Å². The topological polar surface area (TPSA) is 40.5 Å². The highest BCUT2D eigenvalue weighted by Crippen LogP contribution is 2.45. The molecular weight excluding hydrogens is 560 g/mol. The number of hydrogen-bond acceptors (Lipinski definition) is 2. The third-order valence-electron chi connectivity index (χ3n) is 9.41. The molecule has 0 aromatic heterocycles. The summed E-state index contributed by atoms with van der Waals surface area (Å²) in [6.07, 6.45) is 0. The van der Waals surface area contributed by atoms with Crippen molar-refractivity contribution in [3.63, 3.8) is 0 Å². The molecule has 9 aromatic carbocycles. The Morgan fingerprint density at radius 3 is 1.04 bits per heavy atom. The molecule has 2 N–H and O–H groups in total. The molecule has 0 aliphatic carbocycles. The molecule has 0 fully saturated rings. The van der Waals surface area contributed by atoms with Gasteiger partial charge in [-0.25, -0.2) is 0 Å². The van der Waals surface area contributed by atoms with Crippen molar-refractivity contribution in [2.45, 2.75) is 0 Å². The molecule has 0 spiro atoms. The molecular formula is C44H28O2. The van der Waals surface area contributed by atoms with Crippen molar-refractivity contribution >= 4 is 43.1 Å². The largest absolute Gasteiger partial charge is 0.508 e. The van der Waals surface area contributed by atoms with E-state index in [2.05, 4.69) is 109 Å². The van der Waals surface area contributed by atoms with Crippen LogP contribution in [0.25, 0.3) is 87.6 Å². The van der Waals surface area contributed by atoms with E-state index >= 15 is 0 Å². The monoisotopic (exact) mass is 588 g/mol. The maximum atomic E-state index is 9.79. The molecule has 0 amide bonds. The van der Waals surface area contributed by atoms with Gasteiger partial charge in [-0.05, 0) is 124 Å². The van der Waals surface area contributed by atoms with Crippen molar-refractivity contribution in [1.29, 1.82) is 0 Å². The van der Waals surface area contributed by atoms with Crippen LogP contribution in [-0.4, -0.2) is 10.2 Å². The Bertz CT molecular complexity index is 2380. The quantitative estimate of drug-likeness (QED) is 0.159. The van der Waals surface area contributed by atoms with Crippen molar-refractivity contribution in [3.8, 4) is 56.0 Å². The molecule has 0 aliphatic rings. The predicted octanol–water partition coefficient (Wildman–Crippen LogP) is 11.8. The van der Waals surface area contributed by atoms with Crippen LogP contribution < -0.4 is 0 Å². The number of phenolic OH excluding ortho intramolecular Hbond substituents is 2. The number of hydrogen-bond donors (Lipinski definition) is 2. The van der Waals surface area contributed by atoms with Gasteiger partial charge in [-0.3, -0.25) is 0 Å². The molecule has 9 aromatic rings. The Morgan fingerprint density at radius 2 is 0.609 bits per heavy atom. The lowest BCUT2D eigenvalue weighted by Crippen LogP contribution is -1.91. The predicted molar refractivity (Wildman–Crippen MR) is 193 cm³/mol. The Balaban J connectivity index is 1.24. The second-order valence-corrected chi connectivity index (χ2v) is 12.0. The maximum Gasteiger partial charge on any atom is 0.115 e. The molecule has 0 bridgehead atoms. The van der Waals surface area contributed by atoms with Gasteiger partial charge in [0.2, 0.25) is 0 Å². The van der Waals surface area contributed by atoms with E-state index in [-0.39, 0.29) is 11.5 Å². The first-order valence-electron chi connectivity index (χ1n) is 15.5. The third-order valence-corrected chi connectivity index (χ3v) is 9.41. The van der Waals surface area contributed by atoms with Gasteiger partial charge in [-0.1, -0.05) is 121 Å². The lowest BCUT2D eigenvalue weighted by Gasteiger charge is -2.18. The number of fused-ring (bicyclic) bond motifs is 2. The van der Waals surface area contributed by atoms with Gasteiger partial charge < -0.3 is 10.2 Å². The Kier molecular flexibility index (Phi) is 5.84. The van der Waals surface area contributed by atoms with Crippen LogP contribution >= 0.6 is 0 Å². The fourth-order valence-corrected chi connectivity index (χ4v) is 7.26. The number of rotatable bonds is 4. The molecule has 0 radical (unpaired) electrons. The fourth-order valence-electron chi connectivity index (χ4n) is 7.26. The summed E-state index contributed by atoms with van der Waals surface area (Å²) in [7, 11) is 0. The molecule has 0 unspecified atom stereocenters. The zero-order valence-electron chi connectivity index (χ0n) is 24.9. The van der Waals surface area contributed by atoms with E-state index in [1.54, 1.807) is 24.3 Å². The summed E-state index contributed by atoms with van der Waals surface area (Å²) in [6.45, 7) is 0. The first-order chi connectivity index (χ1) is 22.6. The molecule has 0 heterocycles. The van der Waals surface area contributed by atoms with Crippen molar-refractivity contribution in [2.24, 2.45) is 0 Å². The smallest absolute Gasteiger partial charge is 0.115 e. The van der Waals surface area contributed by atoms with E-state index in [1.165, 1.54) is 65.3 Å². The van der Waals surface area contributed by atoms with E-state index in [0.29, 0.717) is 0 Å². The van der Waals surface area contributed by atoms with Crippen LogP contribution in [0.1, 0.15) is 0 Å². The number of benzene rings is 9. The summed E-state index contributed by atoms with van der Waals surface area (Å²) in [5, 5.41) is 29.7. The molecule has 216 valence electrons. The summed E-state index contributed by atoms with van der Waals surface area (Å²) in [5.74, 6) is 0.544. The molecule has 0 saturated heterocycles. The molecule has 46 heavy (non-hydrogen) atoms. The van der Waals surface area contributed by atoms with Gasteiger partial charge in [0.1, 0.15) is 11.5 Å². The lowest BCUT2D eigenvalue weighted by molar-refractivity contribution is 0.475. The van der Waals surface area contributed by atoms with Crippen LogP contribution in [0.4, 0.5) is 0 Å². The molecule has 0 aliphatic heterocycles. The standard InChI is InChI=1S/C44H28O2/c45-33-17-13-27(14-18-33)29-5-1-7-31(25-29)35-21-23-41-42-24-22-36(32-8-2-6-30(26-32)28-15-19-34(46)20-16-28)38-10-4-12-40(44(38)42)39-11-3-9-37(35)43(39)41/h1-26,45-46H. The summed E-state index contributed by atoms with van der Waals surface area (Å²) in [4.78, 5) is 0. The summed E-state index contributed by atoms with van der Waals surface area (Å²) >= 11 is 0. The van der Waals surface area contributed by atoms with Crippen molar-refractivity contribution in [3.05, 3.63) is 158 Å². The van der Waals surface area contributed by atoms with Crippen LogP contribution in [0.5, 0.6) is 11.5 Å². The van der Waals surface area contributed by atoms with E-state index in [0.717, 1.165) is 22.3 Å². The highest BCUT2D eigenvalue weighted by atomic mass is 16.3. The Morgan fingerprint density at radius 1 is 0.261 bits per heavy atom. The zero-order chi connectivity index (χ0) is 30.8. The zero-order valence-corrected chi connectivity index (χ0v) is 24.9. The Labute approximate surface area is 266 Å². The maximum absolute atomic E-state index is 9.79. The van der Waals surface area contributed by atoms with Gasteiger partial charge in [0.05, 0.1) is 0 Å². The van der Waals surface area contributed by atoms with E-state index < -0.39 is 0 Å². The lowest BCUT2D eigenvalue weighted by atomic mass is 9.85. The van der Waals surface area contributed by atoms with Gasteiger partial charge in [0.25, 0.3) is 0 Å². The van der Waals surface area contributed by atoms with Crippen LogP contribution in [0.15, 0.2) is 158 Å². The minimum absolute atomic E-state index is 0.272. The van der Waals surface area contributed by atoms with Gasteiger partial charge in [-0.2, -0.15) is 0 Å². The fraction of sp³-hybridized carbons (Fsp3) is 0. The minimum atomic E-state index is 0.272. The SMILES string of the molecule is Oc1ccc(-c2cccc(-c3ccc4c5ccc(-c6cccc(-c7ccc(O)cc7)c6)c6cccc(c7cccc3c74)c65)c2)cc1. The summed E-state index contributed by atoms with van der Waals surface area (Å²) in [5.41, 5.74) is 9.15. The molecule has 0 atom stereocenters. The average molecular weight is 589 g/mol. The van der Waals surface area contributed by atoms with Crippen LogP contribution in [0.2, 0.25) is 0 Å². The van der Waals surface area contributed by atoms with Crippen molar-refractivity contribution in [1.82, 2.24) is 0 Å². The summed E-state index contributed by atoms with van der Waals surface area (Å²) in [6, 6.07) is 54.6. The van der Waals surface area contributed by atoms with Gasteiger partial charge in [-0.15, -0.1) is 0 Å². The first-order valence-corrected chi connectivity index (χ1v) is 15.5. The molecule has 2 heteroatoms.